The van der Waals surface area contributed by atoms with Crippen LogP contribution in [0.1, 0.15) is 22.8 Å². The average Bonchev–Trinajstić information content (AvgIpc) is 2.62. The maximum Gasteiger partial charge on any atom is 0.405 e. The van der Waals surface area contributed by atoms with Gasteiger partial charge in [-0.3, -0.25) is 9.59 Å². The zero-order valence-electron chi connectivity index (χ0n) is 14.6. The van der Waals surface area contributed by atoms with Gasteiger partial charge in [0.2, 0.25) is 5.91 Å². The number of anilines is 1. The number of rotatable bonds is 7. The number of thioether (sulfide) groups is 1. The molecule has 2 amide bonds. The number of benzene rings is 2. The van der Waals surface area contributed by atoms with Gasteiger partial charge < -0.3 is 10.6 Å². The Bertz CT molecular complexity index is 792. The highest BCUT2D eigenvalue weighted by molar-refractivity contribution is 7.99. The Balaban J connectivity index is 1.96. The summed E-state index contributed by atoms with van der Waals surface area (Å²) in [5, 5.41) is 4.60. The predicted molar refractivity (Wildman–Crippen MR) is 100 cm³/mol. The minimum Gasteiger partial charge on any atom is -0.347 e. The molecule has 2 aromatic rings. The molecule has 27 heavy (non-hydrogen) atoms. The third-order valence-corrected chi connectivity index (χ3v) is 4.45. The second-order valence-electron chi connectivity index (χ2n) is 5.65. The molecule has 0 bridgehead atoms. The SMILES string of the molecule is CCSc1ccccc1C(=O)Nc1ccc(CC(=O)NCC(F)(F)F)cc1. The molecule has 0 aliphatic rings. The molecule has 2 N–H and O–H groups in total. The first-order valence-electron chi connectivity index (χ1n) is 8.24. The molecule has 0 aliphatic carbocycles. The van der Waals surface area contributed by atoms with Crippen LogP contribution in [0.15, 0.2) is 53.4 Å². The Labute approximate surface area is 159 Å². The molecule has 0 aliphatic heterocycles. The number of alkyl halides is 3. The largest absolute Gasteiger partial charge is 0.405 e. The minimum absolute atomic E-state index is 0.166. The van der Waals surface area contributed by atoms with Crippen LogP contribution in [-0.4, -0.2) is 30.3 Å². The van der Waals surface area contributed by atoms with Crippen LogP contribution in [0.2, 0.25) is 0 Å². The molecule has 0 spiro atoms. The van der Waals surface area contributed by atoms with Crippen molar-refractivity contribution in [3.05, 3.63) is 59.7 Å². The van der Waals surface area contributed by atoms with Gasteiger partial charge in [0.15, 0.2) is 0 Å². The highest BCUT2D eigenvalue weighted by Gasteiger charge is 2.27. The molecule has 4 nitrogen and oxygen atoms in total. The Morgan fingerprint density at radius 2 is 1.70 bits per heavy atom. The lowest BCUT2D eigenvalue weighted by Gasteiger charge is -2.10. The van der Waals surface area contributed by atoms with Crippen LogP contribution in [0.5, 0.6) is 0 Å². The van der Waals surface area contributed by atoms with E-state index < -0.39 is 18.6 Å². The van der Waals surface area contributed by atoms with Gasteiger partial charge in [-0.05, 0) is 35.6 Å². The van der Waals surface area contributed by atoms with Crippen molar-refractivity contribution in [2.24, 2.45) is 0 Å². The lowest BCUT2D eigenvalue weighted by molar-refractivity contribution is -0.138. The lowest BCUT2D eigenvalue weighted by atomic mass is 10.1. The van der Waals surface area contributed by atoms with E-state index in [1.54, 1.807) is 48.2 Å². The van der Waals surface area contributed by atoms with Crippen LogP contribution in [0.25, 0.3) is 0 Å². The second-order valence-corrected chi connectivity index (χ2v) is 6.95. The molecule has 8 heteroatoms. The highest BCUT2D eigenvalue weighted by Crippen LogP contribution is 2.23. The van der Waals surface area contributed by atoms with Crippen molar-refractivity contribution < 1.29 is 22.8 Å². The van der Waals surface area contributed by atoms with Gasteiger partial charge in [0.1, 0.15) is 6.54 Å². The molecule has 0 aromatic heterocycles. The summed E-state index contributed by atoms with van der Waals surface area (Å²) in [7, 11) is 0. The van der Waals surface area contributed by atoms with Crippen LogP contribution < -0.4 is 10.6 Å². The minimum atomic E-state index is -4.43. The summed E-state index contributed by atoms with van der Waals surface area (Å²) in [6.07, 6.45) is -4.60. The number of amides is 2. The van der Waals surface area contributed by atoms with Crippen molar-refractivity contribution in [3.8, 4) is 0 Å². The molecule has 0 atom stereocenters. The lowest BCUT2D eigenvalue weighted by Crippen LogP contribution is -2.34. The van der Waals surface area contributed by atoms with Gasteiger partial charge in [-0.15, -0.1) is 11.8 Å². The quantitative estimate of drug-likeness (QED) is 0.687. The first-order chi connectivity index (χ1) is 12.8. The molecule has 0 saturated carbocycles. The van der Waals surface area contributed by atoms with E-state index in [1.807, 2.05) is 24.4 Å². The van der Waals surface area contributed by atoms with Crippen LogP contribution in [0.3, 0.4) is 0 Å². The monoisotopic (exact) mass is 396 g/mol. The molecule has 2 rings (SSSR count). The summed E-state index contributed by atoms with van der Waals surface area (Å²) in [6.45, 7) is 0.651. The molecule has 0 fully saturated rings. The fraction of sp³-hybridized carbons (Fsp3) is 0.263. The van der Waals surface area contributed by atoms with Crippen molar-refractivity contribution in [1.82, 2.24) is 5.32 Å². The standard InChI is InChI=1S/C19H19F3N2O2S/c1-2-27-16-6-4-3-5-15(16)18(26)24-14-9-7-13(8-10-14)11-17(25)23-12-19(20,21)22/h3-10H,2,11-12H2,1H3,(H,23,25)(H,24,26). The predicted octanol–water partition coefficient (Wildman–Crippen LogP) is 4.27. The van der Waals surface area contributed by atoms with E-state index in [2.05, 4.69) is 5.32 Å². The smallest absolute Gasteiger partial charge is 0.347 e. The van der Waals surface area contributed by atoms with E-state index in [0.29, 0.717) is 16.8 Å². The van der Waals surface area contributed by atoms with E-state index >= 15 is 0 Å². The van der Waals surface area contributed by atoms with Crippen molar-refractivity contribution in [2.45, 2.75) is 24.4 Å². The van der Waals surface area contributed by atoms with Gasteiger partial charge in [-0.25, -0.2) is 0 Å². The zero-order valence-corrected chi connectivity index (χ0v) is 15.4. The Kier molecular flexibility index (Phi) is 7.29. The average molecular weight is 396 g/mol. The van der Waals surface area contributed by atoms with E-state index in [-0.39, 0.29) is 12.3 Å². The third-order valence-electron chi connectivity index (χ3n) is 3.49. The van der Waals surface area contributed by atoms with Crippen LogP contribution in [0, 0.1) is 0 Å². The molecule has 0 saturated heterocycles. The van der Waals surface area contributed by atoms with Crippen LogP contribution >= 0.6 is 11.8 Å². The molecular weight excluding hydrogens is 377 g/mol. The fourth-order valence-corrected chi connectivity index (χ4v) is 3.09. The van der Waals surface area contributed by atoms with E-state index in [0.717, 1.165) is 10.6 Å². The molecule has 144 valence electrons. The Hall–Kier alpha value is -2.48. The summed E-state index contributed by atoms with van der Waals surface area (Å²) in [4.78, 5) is 24.9. The van der Waals surface area contributed by atoms with Gasteiger partial charge in [0.25, 0.3) is 5.91 Å². The highest BCUT2D eigenvalue weighted by atomic mass is 32.2. The summed E-state index contributed by atoms with van der Waals surface area (Å²) in [5.41, 5.74) is 1.66. The van der Waals surface area contributed by atoms with Crippen molar-refractivity contribution >= 4 is 29.3 Å². The van der Waals surface area contributed by atoms with Crippen molar-refractivity contribution in [2.75, 3.05) is 17.6 Å². The third kappa shape index (κ3) is 6.97. The van der Waals surface area contributed by atoms with Crippen molar-refractivity contribution in [3.63, 3.8) is 0 Å². The van der Waals surface area contributed by atoms with Gasteiger partial charge in [-0.2, -0.15) is 13.2 Å². The molecular formula is C19H19F3N2O2S. The first-order valence-corrected chi connectivity index (χ1v) is 9.22. The Morgan fingerprint density at radius 3 is 2.33 bits per heavy atom. The van der Waals surface area contributed by atoms with Gasteiger partial charge in [0.05, 0.1) is 12.0 Å². The summed E-state index contributed by atoms with van der Waals surface area (Å²) in [6, 6.07) is 13.7. The molecule has 0 unspecified atom stereocenters. The van der Waals surface area contributed by atoms with E-state index in [9.17, 15) is 22.8 Å². The number of hydrogen-bond acceptors (Lipinski definition) is 3. The topological polar surface area (TPSA) is 58.2 Å². The maximum atomic E-state index is 12.5. The van der Waals surface area contributed by atoms with Gasteiger partial charge in [0, 0.05) is 10.6 Å². The van der Waals surface area contributed by atoms with E-state index in [4.69, 9.17) is 0 Å². The van der Waals surface area contributed by atoms with Crippen LogP contribution in [-0.2, 0) is 11.2 Å². The second kappa shape index (κ2) is 9.45. The van der Waals surface area contributed by atoms with Gasteiger partial charge >= 0.3 is 6.18 Å². The summed E-state index contributed by atoms with van der Waals surface area (Å²) < 4.78 is 36.3. The number of hydrogen-bond donors (Lipinski definition) is 2. The van der Waals surface area contributed by atoms with Crippen LogP contribution in [0.4, 0.5) is 18.9 Å². The van der Waals surface area contributed by atoms with E-state index in [1.165, 1.54) is 0 Å². The molecule has 2 aromatic carbocycles. The number of halogens is 3. The Morgan fingerprint density at radius 1 is 1.04 bits per heavy atom. The number of carbonyl (C=O) groups is 2. The zero-order chi connectivity index (χ0) is 19.9. The fourth-order valence-electron chi connectivity index (χ4n) is 2.29. The summed E-state index contributed by atoms with van der Waals surface area (Å²) in [5.74, 6) is -0.119. The van der Waals surface area contributed by atoms with Gasteiger partial charge in [-0.1, -0.05) is 31.2 Å². The summed E-state index contributed by atoms with van der Waals surface area (Å²) >= 11 is 1.57. The normalized spacial score (nSPS) is 11.1. The first kappa shape index (κ1) is 20.8. The molecule has 0 heterocycles. The van der Waals surface area contributed by atoms with Crippen molar-refractivity contribution in [1.29, 1.82) is 0 Å². The molecule has 0 radical (unpaired) electrons. The number of carbonyl (C=O) groups excluding carboxylic acids is 2. The maximum absolute atomic E-state index is 12.5. The number of nitrogens with one attached hydrogen (secondary N) is 2.